The summed E-state index contributed by atoms with van der Waals surface area (Å²) >= 11 is 0. The number of ether oxygens (including phenoxy) is 2. The van der Waals surface area contributed by atoms with Gasteiger partial charge in [0.1, 0.15) is 17.3 Å². The number of hydrogen-bond acceptors (Lipinski definition) is 6. The van der Waals surface area contributed by atoms with Gasteiger partial charge in [-0.05, 0) is 6.07 Å². The second-order valence-electron chi connectivity index (χ2n) is 3.53. The quantitative estimate of drug-likeness (QED) is 0.856. The zero-order valence-electron chi connectivity index (χ0n) is 10.2. The van der Waals surface area contributed by atoms with Gasteiger partial charge in [-0.1, -0.05) is 0 Å². The van der Waals surface area contributed by atoms with Crippen molar-refractivity contribution in [3.8, 4) is 11.5 Å². The summed E-state index contributed by atoms with van der Waals surface area (Å²) in [5.74, 6) is 2.21. The van der Waals surface area contributed by atoms with E-state index in [2.05, 4.69) is 15.3 Å². The maximum atomic E-state index is 5.51. The number of hydrogen-bond donors (Lipinski definition) is 2. The zero-order valence-corrected chi connectivity index (χ0v) is 10.2. The molecule has 3 N–H and O–H groups in total. The van der Waals surface area contributed by atoms with Crippen LogP contribution in [0.4, 0.5) is 17.5 Å². The summed E-state index contributed by atoms with van der Waals surface area (Å²) in [6, 6.07) is 7.18. The van der Waals surface area contributed by atoms with Crippen LogP contribution in [0.15, 0.2) is 30.5 Å². The van der Waals surface area contributed by atoms with E-state index in [0.29, 0.717) is 17.3 Å². The Bertz CT molecular complexity index is 523. The molecular weight excluding hydrogens is 232 g/mol. The van der Waals surface area contributed by atoms with Gasteiger partial charge in [0.05, 0.1) is 14.2 Å². The maximum absolute atomic E-state index is 5.51. The fraction of sp³-hybridized carbons (Fsp3) is 0.167. The third-order valence-electron chi connectivity index (χ3n) is 2.30. The van der Waals surface area contributed by atoms with Crippen molar-refractivity contribution in [3.05, 3.63) is 30.5 Å². The summed E-state index contributed by atoms with van der Waals surface area (Å²) in [4.78, 5) is 7.88. The molecule has 0 amide bonds. The van der Waals surface area contributed by atoms with E-state index in [9.17, 15) is 0 Å². The molecule has 6 heteroatoms. The minimum absolute atomic E-state index is 0.217. The normalized spacial score (nSPS) is 9.89. The first kappa shape index (κ1) is 12.0. The number of anilines is 3. The SMILES string of the molecule is COc1cc(Nc2ccnc(N)n2)cc(OC)c1. The predicted molar refractivity (Wildman–Crippen MR) is 69.3 cm³/mol. The van der Waals surface area contributed by atoms with Crippen molar-refractivity contribution in [3.63, 3.8) is 0 Å². The van der Waals surface area contributed by atoms with Crippen LogP contribution in [0.25, 0.3) is 0 Å². The molecule has 18 heavy (non-hydrogen) atoms. The van der Waals surface area contributed by atoms with Crippen molar-refractivity contribution in [2.75, 3.05) is 25.3 Å². The molecule has 0 bridgehead atoms. The topological polar surface area (TPSA) is 82.3 Å². The lowest BCUT2D eigenvalue weighted by Crippen LogP contribution is -1.99. The molecule has 0 aliphatic heterocycles. The van der Waals surface area contributed by atoms with Crippen LogP contribution < -0.4 is 20.5 Å². The van der Waals surface area contributed by atoms with Crippen molar-refractivity contribution in [1.29, 1.82) is 0 Å². The minimum atomic E-state index is 0.217. The van der Waals surface area contributed by atoms with Crippen molar-refractivity contribution in [2.45, 2.75) is 0 Å². The molecule has 1 aromatic heterocycles. The second-order valence-corrected chi connectivity index (χ2v) is 3.53. The Balaban J connectivity index is 2.28. The minimum Gasteiger partial charge on any atom is -0.497 e. The number of nitrogens with zero attached hydrogens (tertiary/aromatic N) is 2. The van der Waals surface area contributed by atoms with E-state index in [1.165, 1.54) is 0 Å². The first-order valence-corrected chi connectivity index (χ1v) is 5.30. The monoisotopic (exact) mass is 246 g/mol. The molecule has 1 aromatic carbocycles. The number of methoxy groups -OCH3 is 2. The molecule has 0 atom stereocenters. The van der Waals surface area contributed by atoms with Gasteiger partial charge in [0.2, 0.25) is 5.95 Å². The van der Waals surface area contributed by atoms with Crippen molar-refractivity contribution in [1.82, 2.24) is 9.97 Å². The summed E-state index contributed by atoms with van der Waals surface area (Å²) in [7, 11) is 3.20. The largest absolute Gasteiger partial charge is 0.497 e. The second kappa shape index (κ2) is 5.22. The molecule has 2 aromatic rings. The van der Waals surface area contributed by atoms with Crippen LogP contribution >= 0.6 is 0 Å². The Labute approximate surface area is 105 Å². The van der Waals surface area contributed by atoms with Gasteiger partial charge in [-0.25, -0.2) is 4.98 Å². The van der Waals surface area contributed by atoms with E-state index >= 15 is 0 Å². The van der Waals surface area contributed by atoms with Crippen molar-refractivity contribution >= 4 is 17.5 Å². The van der Waals surface area contributed by atoms with Crippen LogP contribution in [0.2, 0.25) is 0 Å². The Kier molecular flexibility index (Phi) is 3.47. The molecule has 1 heterocycles. The Morgan fingerprint density at radius 3 is 2.33 bits per heavy atom. The van der Waals surface area contributed by atoms with Crippen LogP contribution in [0.5, 0.6) is 11.5 Å². The predicted octanol–water partition coefficient (Wildman–Crippen LogP) is 1.82. The Morgan fingerprint density at radius 2 is 1.78 bits per heavy atom. The van der Waals surface area contributed by atoms with E-state index in [4.69, 9.17) is 15.2 Å². The summed E-state index contributed by atoms with van der Waals surface area (Å²) in [5, 5.41) is 3.10. The molecule has 0 unspecified atom stereocenters. The standard InChI is InChI=1S/C12H14N4O2/c1-17-9-5-8(6-10(7-9)18-2)15-11-3-4-14-12(13)16-11/h3-7H,1-2H3,(H3,13,14,15,16). The number of aromatic nitrogens is 2. The highest BCUT2D eigenvalue weighted by Gasteiger charge is 2.03. The number of nitrogens with two attached hydrogens (primary N) is 1. The van der Waals surface area contributed by atoms with E-state index in [1.54, 1.807) is 32.5 Å². The average molecular weight is 246 g/mol. The molecule has 2 rings (SSSR count). The van der Waals surface area contributed by atoms with E-state index in [0.717, 1.165) is 5.69 Å². The smallest absolute Gasteiger partial charge is 0.221 e. The number of nitrogen functional groups attached to an aromatic ring is 1. The molecule has 0 radical (unpaired) electrons. The molecule has 6 nitrogen and oxygen atoms in total. The highest BCUT2D eigenvalue weighted by Crippen LogP contribution is 2.27. The summed E-state index contributed by atoms with van der Waals surface area (Å²) < 4.78 is 10.4. The van der Waals surface area contributed by atoms with Crippen molar-refractivity contribution in [2.24, 2.45) is 0 Å². The molecule has 0 fully saturated rings. The fourth-order valence-corrected chi connectivity index (χ4v) is 1.47. The highest BCUT2D eigenvalue weighted by molar-refractivity contribution is 5.61. The van der Waals surface area contributed by atoms with Gasteiger partial charge in [0, 0.05) is 30.1 Å². The number of rotatable bonds is 4. The van der Waals surface area contributed by atoms with Gasteiger partial charge in [0.25, 0.3) is 0 Å². The van der Waals surface area contributed by atoms with Gasteiger partial charge < -0.3 is 20.5 Å². The lowest BCUT2D eigenvalue weighted by molar-refractivity contribution is 0.395. The highest BCUT2D eigenvalue weighted by atomic mass is 16.5. The lowest BCUT2D eigenvalue weighted by atomic mass is 10.2. The van der Waals surface area contributed by atoms with Crippen LogP contribution in [0.3, 0.4) is 0 Å². The van der Waals surface area contributed by atoms with E-state index in [1.807, 2.05) is 12.1 Å². The average Bonchev–Trinajstić information content (AvgIpc) is 2.38. The molecule has 0 aliphatic carbocycles. The van der Waals surface area contributed by atoms with Crippen LogP contribution in [0.1, 0.15) is 0 Å². The third-order valence-corrected chi connectivity index (χ3v) is 2.30. The lowest BCUT2D eigenvalue weighted by Gasteiger charge is -2.10. The summed E-state index contributed by atoms with van der Waals surface area (Å²) in [5.41, 5.74) is 6.31. The zero-order chi connectivity index (χ0) is 13.0. The molecule has 0 saturated carbocycles. The fourth-order valence-electron chi connectivity index (χ4n) is 1.47. The maximum Gasteiger partial charge on any atom is 0.221 e. The molecule has 0 saturated heterocycles. The summed E-state index contributed by atoms with van der Waals surface area (Å²) in [6.07, 6.45) is 1.59. The Hall–Kier alpha value is -2.50. The van der Waals surface area contributed by atoms with Gasteiger partial charge in [-0.2, -0.15) is 4.98 Å². The molecule has 94 valence electrons. The number of nitrogens with one attached hydrogen (secondary N) is 1. The van der Waals surface area contributed by atoms with Gasteiger partial charge >= 0.3 is 0 Å². The molecule has 0 spiro atoms. The van der Waals surface area contributed by atoms with Gasteiger partial charge in [0.15, 0.2) is 0 Å². The molecule has 0 aliphatic rings. The third kappa shape index (κ3) is 2.79. The van der Waals surface area contributed by atoms with Crippen LogP contribution in [-0.4, -0.2) is 24.2 Å². The first-order valence-electron chi connectivity index (χ1n) is 5.30. The molecular formula is C12H14N4O2. The van der Waals surface area contributed by atoms with E-state index in [-0.39, 0.29) is 5.95 Å². The Morgan fingerprint density at radius 1 is 1.11 bits per heavy atom. The number of benzene rings is 1. The van der Waals surface area contributed by atoms with E-state index < -0.39 is 0 Å². The van der Waals surface area contributed by atoms with Gasteiger partial charge in [-0.15, -0.1) is 0 Å². The van der Waals surface area contributed by atoms with Crippen molar-refractivity contribution < 1.29 is 9.47 Å². The van der Waals surface area contributed by atoms with Gasteiger partial charge in [-0.3, -0.25) is 0 Å². The summed E-state index contributed by atoms with van der Waals surface area (Å²) in [6.45, 7) is 0. The van der Waals surface area contributed by atoms with Crippen LogP contribution in [0, 0.1) is 0 Å². The van der Waals surface area contributed by atoms with Crippen LogP contribution in [-0.2, 0) is 0 Å². The first-order chi connectivity index (χ1) is 8.71.